The van der Waals surface area contributed by atoms with E-state index in [4.69, 9.17) is 21.0 Å². The third kappa shape index (κ3) is 3.25. The first-order valence-electron chi connectivity index (χ1n) is 6.28. The van der Waals surface area contributed by atoms with Crippen LogP contribution in [-0.2, 0) is 6.42 Å². The minimum atomic E-state index is 0.258. The quantitative estimate of drug-likeness (QED) is 0.885. The van der Waals surface area contributed by atoms with Gasteiger partial charge in [-0.3, -0.25) is 0 Å². The van der Waals surface area contributed by atoms with E-state index in [1.165, 1.54) is 11.3 Å². The molecule has 0 aliphatic heterocycles. The Kier molecular flexibility index (Phi) is 4.65. The predicted octanol–water partition coefficient (Wildman–Crippen LogP) is 2.74. The molecule has 1 aromatic carbocycles. The second-order valence-corrected chi connectivity index (χ2v) is 5.32. The first-order chi connectivity index (χ1) is 10.2. The van der Waals surface area contributed by atoms with Gasteiger partial charge in [0.25, 0.3) is 0 Å². The van der Waals surface area contributed by atoms with Crippen molar-refractivity contribution < 1.29 is 4.74 Å². The van der Waals surface area contributed by atoms with E-state index >= 15 is 0 Å². The number of methoxy groups -OCH3 is 1. The molecule has 0 radical (unpaired) electrons. The van der Waals surface area contributed by atoms with Crippen molar-refractivity contribution in [1.29, 1.82) is 10.5 Å². The van der Waals surface area contributed by atoms with Crippen LogP contribution in [0.5, 0.6) is 5.75 Å². The van der Waals surface area contributed by atoms with E-state index in [2.05, 4.69) is 5.32 Å². The summed E-state index contributed by atoms with van der Waals surface area (Å²) < 4.78 is 5.18. The molecular weight excluding hydrogens is 284 g/mol. The summed E-state index contributed by atoms with van der Waals surface area (Å²) in [6.45, 7) is 0.646. The Morgan fingerprint density at radius 2 is 2.14 bits per heavy atom. The normalized spacial score (nSPS) is 9.67. The van der Waals surface area contributed by atoms with Gasteiger partial charge in [-0.25, -0.2) is 0 Å². The highest BCUT2D eigenvalue weighted by atomic mass is 32.1. The molecule has 0 bridgehead atoms. The van der Waals surface area contributed by atoms with Gasteiger partial charge in [0.05, 0.1) is 12.8 Å². The summed E-state index contributed by atoms with van der Waals surface area (Å²) in [4.78, 5) is 0.371. The summed E-state index contributed by atoms with van der Waals surface area (Å²) in [6.07, 6.45) is 0.780. The number of nitrogens with two attached hydrogens (primary N) is 1. The average molecular weight is 298 g/mol. The minimum absolute atomic E-state index is 0.258. The van der Waals surface area contributed by atoms with Gasteiger partial charge >= 0.3 is 0 Å². The molecule has 1 aromatic heterocycles. The van der Waals surface area contributed by atoms with Crippen molar-refractivity contribution in [2.45, 2.75) is 6.42 Å². The van der Waals surface area contributed by atoms with Crippen molar-refractivity contribution in [3.63, 3.8) is 0 Å². The summed E-state index contributed by atoms with van der Waals surface area (Å²) in [5.74, 6) is 0.817. The topological polar surface area (TPSA) is 94.9 Å². The lowest BCUT2D eigenvalue weighted by atomic mass is 10.1. The van der Waals surface area contributed by atoms with Gasteiger partial charge in [-0.15, -0.1) is 11.3 Å². The fourth-order valence-electron chi connectivity index (χ4n) is 1.91. The van der Waals surface area contributed by atoms with E-state index in [9.17, 15) is 0 Å². The van der Waals surface area contributed by atoms with Crippen LogP contribution >= 0.6 is 11.3 Å². The first kappa shape index (κ1) is 14.7. The molecule has 0 spiro atoms. The number of rotatable bonds is 5. The van der Waals surface area contributed by atoms with Gasteiger partial charge in [0.1, 0.15) is 33.3 Å². The monoisotopic (exact) mass is 298 g/mol. The minimum Gasteiger partial charge on any atom is -0.497 e. The lowest BCUT2D eigenvalue weighted by Crippen LogP contribution is -2.05. The number of nitrogens with zero attached hydrogens (tertiary/aromatic N) is 2. The molecule has 5 nitrogen and oxygen atoms in total. The van der Waals surface area contributed by atoms with Crippen molar-refractivity contribution in [3.05, 3.63) is 40.3 Å². The molecule has 2 aromatic rings. The van der Waals surface area contributed by atoms with Gasteiger partial charge in [0.2, 0.25) is 0 Å². The number of hydrogen-bond acceptors (Lipinski definition) is 6. The van der Waals surface area contributed by atoms with Gasteiger partial charge in [0, 0.05) is 6.54 Å². The molecule has 0 aliphatic carbocycles. The lowest BCUT2D eigenvalue weighted by Gasteiger charge is -2.06. The van der Waals surface area contributed by atoms with Gasteiger partial charge in [0.15, 0.2) is 0 Å². The van der Waals surface area contributed by atoms with Crippen molar-refractivity contribution in [3.8, 4) is 17.9 Å². The number of nitrogens with one attached hydrogen (secondary N) is 1. The van der Waals surface area contributed by atoms with E-state index in [0.717, 1.165) is 17.7 Å². The molecule has 106 valence electrons. The van der Waals surface area contributed by atoms with Gasteiger partial charge in [-0.05, 0) is 24.1 Å². The van der Waals surface area contributed by atoms with Gasteiger partial charge in [-0.1, -0.05) is 12.1 Å². The molecule has 0 atom stereocenters. The lowest BCUT2D eigenvalue weighted by molar-refractivity contribution is 0.414. The number of hydrogen-bond donors (Lipinski definition) is 2. The SMILES string of the molecule is COc1cccc(CCNc2sc(C#N)c(N)c2C#N)c1. The molecule has 2 rings (SSSR count). The third-order valence-corrected chi connectivity index (χ3v) is 4.06. The van der Waals surface area contributed by atoms with Crippen LogP contribution < -0.4 is 15.8 Å². The van der Waals surface area contributed by atoms with Gasteiger partial charge in [-0.2, -0.15) is 10.5 Å². The third-order valence-electron chi connectivity index (χ3n) is 2.99. The summed E-state index contributed by atoms with van der Waals surface area (Å²) in [5.41, 5.74) is 7.49. The fraction of sp³-hybridized carbons (Fsp3) is 0.200. The van der Waals surface area contributed by atoms with Crippen LogP contribution in [0, 0.1) is 22.7 Å². The molecule has 0 amide bonds. The standard InChI is InChI=1S/C15H14N4OS/c1-20-11-4-2-3-10(7-11)5-6-19-15-12(8-16)14(18)13(9-17)21-15/h2-4,7,19H,5-6,18H2,1H3. The second kappa shape index (κ2) is 6.65. The van der Waals surface area contributed by atoms with Crippen LogP contribution in [0.25, 0.3) is 0 Å². The fourth-order valence-corrected chi connectivity index (χ4v) is 2.80. The van der Waals surface area contributed by atoms with E-state index in [0.29, 0.717) is 22.0 Å². The van der Waals surface area contributed by atoms with Crippen LogP contribution in [-0.4, -0.2) is 13.7 Å². The molecule has 0 fully saturated rings. The Hall–Kier alpha value is -2.70. The number of ether oxygens (including phenoxy) is 1. The molecule has 1 heterocycles. The maximum absolute atomic E-state index is 9.10. The summed E-state index contributed by atoms with van der Waals surface area (Å²) in [5, 5.41) is 21.9. The number of nitriles is 2. The number of benzene rings is 1. The smallest absolute Gasteiger partial charge is 0.131 e. The zero-order valence-corrected chi connectivity index (χ0v) is 12.3. The summed E-state index contributed by atoms with van der Waals surface area (Å²) in [7, 11) is 1.63. The van der Waals surface area contributed by atoms with Crippen LogP contribution in [0.3, 0.4) is 0 Å². The van der Waals surface area contributed by atoms with Crippen LogP contribution in [0.15, 0.2) is 24.3 Å². The predicted molar refractivity (Wildman–Crippen MR) is 83.3 cm³/mol. The molecule has 3 N–H and O–H groups in total. The van der Waals surface area contributed by atoms with Crippen LogP contribution in [0.1, 0.15) is 16.0 Å². The zero-order chi connectivity index (χ0) is 15.2. The highest BCUT2D eigenvalue weighted by molar-refractivity contribution is 7.17. The molecule has 0 unspecified atom stereocenters. The molecular formula is C15H14N4OS. The van der Waals surface area contributed by atoms with Crippen LogP contribution in [0.4, 0.5) is 10.7 Å². The largest absolute Gasteiger partial charge is 0.497 e. The maximum Gasteiger partial charge on any atom is 0.131 e. The van der Waals surface area contributed by atoms with E-state index in [-0.39, 0.29) is 5.69 Å². The van der Waals surface area contributed by atoms with Gasteiger partial charge < -0.3 is 15.8 Å². The zero-order valence-electron chi connectivity index (χ0n) is 11.5. The van der Waals surface area contributed by atoms with Crippen molar-refractivity contribution in [2.75, 3.05) is 24.7 Å². The Labute approximate surface area is 127 Å². The number of thiophene rings is 1. The Morgan fingerprint density at radius 1 is 1.33 bits per heavy atom. The Morgan fingerprint density at radius 3 is 2.81 bits per heavy atom. The van der Waals surface area contributed by atoms with Crippen molar-refractivity contribution in [1.82, 2.24) is 0 Å². The van der Waals surface area contributed by atoms with E-state index < -0.39 is 0 Å². The van der Waals surface area contributed by atoms with Crippen LogP contribution in [0.2, 0.25) is 0 Å². The molecule has 0 saturated heterocycles. The Balaban J connectivity index is 2.04. The maximum atomic E-state index is 9.10. The number of nitrogen functional groups attached to an aromatic ring is 1. The Bertz CT molecular complexity index is 724. The molecule has 0 saturated carbocycles. The summed E-state index contributed by atoms with van der Waals surface area (Å²) >= 11 is 1.21. The highest BCUT2D eigenvalue weighted by Gasteiger charge is 2.15. The average Bonchev–Trinajstić information content (AvgIpc) is 2.82. The van der Waals surface area contributed by atoms with Crippen molar-refractivity contribution in [2.24, 2.45) is 0 Å². The molecule has 0 aliphatic rings. The molecule has 21 heavy (non-hydrogen) atoms. The highest BCUT2D eigenvalue weighted by Crippen LogP contribution is 2.34. The summed E-state index contributed by atoms with van der Waals surface area (Å²) in [6, 6.07) is 11.8. The van der Waals surface area contributed by atoms with E-state index in [1.54, 1.807) is 7.11 Å². The molecule has 6 heteroatoms. The number of anilines is 2. The van der Waals surface area contributed by atoms with Crippen molar-refractivity contribution >= 4 is 22.0 Å². The first-order valence-corrected chi connectivity index (χ1v) is 7.10. The second-order valence-electron chi connectivity index (χ2n) is 4.30. The van der Waals surface area contributed by atoms with E-state index in [1.807, 2.05) is 36.4 Å².